The number of fused-ring (bicyclic) bond motifs is 1. The van der Waals surface area contributed by atoms with E-state index in [0.717, 1.165) is 55.6 Å². The number of likely N-dealkylation sites (tertiary alicyclic amines) is 1. The molecule has 0 bridgehead atoms. The molecule has 5 nitrogen and oxygen atoms in total. The largest absolute Gasteiger partial charge is 0.299 e. The number of nitriles is 1. The molecule has 3 aromatic rings. The number of benzene rings is 2. The van der Waals surface area contributed by atoms with E-state index in [1.807, 2.05) is 18.2 Å². The average Bonchev–Trinajstić information content (AvgIpc) is 2.97. The molecule has 5 rings (SSSR count). The Labute approximate surface area is 221 Å². The lowest BCUT2D eigenvalue weighted by Gasteiger charge is -2.38. The number of hydrogen-bond acceptors (Lipinski definition) is 5. The number of aromatic nitrogens is 1. The van der Waals surface area contributed by atoms with Crippen LogP contribution in [0.1, 0.15) is 85.1 Å². The smallest absolute Gasteiger partial charge is 0.150 e. The summed E-state index contributed by atoms with van der Waals surface area (Å²) in [5.41, 5.74) is 3.51. The monoisotopic (exact) mass is 494 g/mol. The third kappa shape index (κ3) is 5.06. The second-order valence-electron chi connectivity index (χ2n) is 11.0. The first-order valence-corrected chi connectivity index (χ1v) is 13.8. The van der Waals surface area contributed by atoms with Crippen LogP contribution in [0.4, 0.5) is 0 Å². The zero-order valence-electron chi connectivity index (χ0n) is 22.2. The van der Waals surface area contributed by atoms with Crippen molar-refractivity contribution < 1.29 is 4.79 Å². The third-order valence-electron chi connectivity index (χ3n) is 8.98. The molecule has 1 unspecified atom stereocenters. The van der Waals surface area contributed by atoms with E-state index in [0.29, 0.717) is 6.04 Å². The molecule has 1 aromatic heterocycles. The zero-order valence-corrected chi connectivity index (χ0v) is 22.2. The Kier molecular flexibility index (Phi) is 7.69. The van der Waals surface area contributed by atoms with Crippen molar-refractivity contribution in [3.63, 3.8) is 0 Å². The first-order chi connectivity index (χ1) is 18.1. The summed E-state index contributed by atoms with van der Waals surface area (Å²) in [5, 5.41) is 12.5. The molecule has 1 aliphatic heterocycles. The van der Waals surface area contributed by atoms with Gasteiger partial charge in [0.25, 0.3) is 0 Å². The summed E-state index contributed by atoms with van der Waals surface area (Å²) in [7, 11) is 2.23. The van der Waals surface area contributed by atoms with E-state index in [2.05, 4.69) is 65.2 Å². The van der Waals surface area contributed by atoms with Crippen LogP contribution in [0, 0.1) is 11.3 Å². The molecule has 0 N–H and O–H groups in total. The first-order valence-electron chi connectivity index (χ1n) is 13.8. The molecule has 2 fully saturated rings. The molecule has 1 saturated carbocycles. The summed E-state index contributed by atoms with van der Waals surface area (Å²) >= 11 is 0. The minimum Gasteiger partial charge on any atom is -0.299 e. The van der Waals surface area contributed by atoms with Crippen molar-refractivity contribution >= 4 is 17.1 Å². The topological polar surface area (TPSA) is 60.2 Å². The van der Waals surface area contributed by atoms with Gasteiger partial charge >= 0.3 is 0 Å². The number of rotatable bonds is 7. The molecule has 0 spiro atoms. The highest BCUT2D eigenvalue weighted by Gasteiger charge is 2.37. The fraction of sp³-hybridized carbons (Fsp3) is 0.469. The van der Waals surface area contributed by atoms with Crippen LogP contribution in [0.3, 0.4) is 0 Å². The van der Waals surface area contributed by atoms with Gasteiger partial charge in [0.2, 0.25) is 0 Å². The lowest BCUT2D eigenvalue weighted by Crippen LogP contribution is -2.42. The van der Waals surface area contributed by atoms with E-state index in [9.17, 15) is 10.1 Å². The number of piperidine rings is 1. The highest BCUT2D eigenvalue weighted by Crippen LogP contribution is 2.38. The number of hydrogen-bond donors (Lipinski definition) is 0. The van der Waals surface area contributed by atoms with E-state index in [1.165, 1.54) is 48.4 Å². The predicted molar refractivity (Wildman–Crippen MR) is 148 cm³/mol. The molecular formula is C32H38N4O. The summed E-state index contributed by atoms with van der Waals surface area (Å²) < 4.78 is 0. The maximum absolute atomic E-state index is 12.4. The molecule has 1 atom stereocenters. The molecule has 192 valence electrons. The molecule has 1 saturated heterocycles. The van der Waals surface area contributed by atoms with Crippen molar-refractivity contribution in [2.45, 2.75) is 75.9 Å². The normalized spacial score (nSPS) is 19.5. The molecule has 0 amide bonds. The van der Waals surface area contributed by atoms with E-state index >= 15 is 0 Å². The van der Waals surface area contributed by atoms with Crippen molar-refractivity contribution in [1.29, 1.82) is 5.26 Å². The van der Waals surface area contributed by atoms with E-state index in [-0.39, 0.29) is 6.04 Å². The number of carbonyl (C=O) groups is 1. The van der Waals surface area contributed by atoms with Crippen molar-refractivity contribution in [2.75, 3.05) is 20.1 Å². The fourth-order valence-corrected chi connectivity index (χ4v) is 6.60. The Balaban J connectivity index is 1.41. The summed E-state index contributed by atoms with van der Waals surface area (Å²) in [6.07, 6.45) is 10.8. The number of pyridine rings is 1. The zero-order chi connectivity index (χ0) is 25.8. The van der Waals surface area contributed by atoms with Crippen LogP contribution in [0.5, 0.6) is 0 Å². The van der Waals surface area contributed by atoms with Gasteiger partial charge in [-0.3, -0.25) is 19.6 Å². The van der Waals surface area contributed by atoms with Crippen molar-refractivity contribution in [1.82, 2.24) is 14.8 Å². The van der Waals surface area contributed by atoms with Crippen LogP contribution in [0.15, 0.2) is 54.7 Å². The average molecular weight is 495 g/mol. The number of carbonyl (C=O) groups excluding carboxylic acids is 1. The van der Waals surface area contributed by atoms with Gasteiger partial charge in [0.1, 0.15) is 11.7 Å². The molecular weight excluding hydrogens is 456 g/mol. The molecule has 2 heterocycles. The Bertz CT molecular complexity index is 1270. The third-order valence-corrected chi connectivity index (χ3v) is 8.98. The Morgan fingerprint density at radius 1 is 1.11 bits per heavy atom. The van der Waals surface area contributed by atoms with E-state index < -0.39 is 5.41 Å². The quantitative estimate of drug-likeness (QED) is 0.354. The van der Waals surface area contributed by atoms with Gasteiger partial charge in [0, 0.05) is 43.5 Å². The minimum absolute atomic E-state index is 0.173. The van der Waals surface area contributed by atoms with Gasteiger partial charge in [-0.25, -0.2) is 0 Å². The Morgan fingerprint density at radius 3 is 2.46 bits per heavy atom. The van der Waals surface area contributed by atoms with Crippen LogP contribution < -0.4 is 0 Å². The SMILES string of the molecule is CC(c1c(C=O)cc(CN2CCC(C#N)(c3ccccn3)CC2)c2ccccc12)N(C)C1CCCCC1. The maximum Gasteiger partial charge on any atom is 0.150 e. The Morgan fingerprint density at radius 2 is 1.81 bits per heavy atom. The highest BCUT2D eigenvalue weighted by atomic mass is 16.1. The Hall–Kier alpha value is -3.07. The van der Waals surface area contributed by atoms with Gasteiger partial charge in [-0.05, 0) is 79.8 Å². The lowest BCUT2D eigenvalue weighted by molar-refractivity contribution is 0.111. The minimum atomic E-state index is -0.517. The van der Waals surface area contributed by atoms with Gasteiger partial charge in [-0.15, -0.1) is 0 Å². The molecule has 1 aliphatic carbocycles. The molecule has 0 radical (unpaired) electrons. The second kappa shape index (κ2) is 11.1. The van der Waals surface area contributed by atoms with Gasteiger partial charge in [0.15, 0.2) is 0 Å². The van der Waals surface area contributed by atoms with Crippen LogP contribution in [0.2, 0.25) is 0 Å². The molecule has 5 heteroatoms. The van der Waals surface area contributed by atoms with Crippen LogP contribution in [0.25, 0.3) is 10.8 Å². The molecule has 2 aromatic carbocycles. The number of nitrogens with zero attached hydrogens (tertiary/aromatic N) is 4. The van der Waals surface area contributed by atoms with Gasteiger partial charge in [-0.1, -0.05) is 49.6 Å². The first kappa shape index (κ1) is 25.6. The maximum atomic E-state index is 12.4. The van der Waals surface area contributed by atoms with Crippen molar-refractivity contribution in [3.05, 3.63) is 77.1 Å². The summed E-state index contributed by atoms with van der Waals surface area (Å²) in [6, 6.07) is 19.9. The lowest BCUT2D eigenvalue weighted by atomic mass is 9.76. The van der Waals surface area contributed by atoms with Crippen molar-refractivity contribution in [2.24, 2.45) is 0 Å². The van der Waals surface area contributed by atoms with Crippen LogP contribution >= 0.6 is 0 Å². The van der Waals surface area contributed by atoms with Crippen LogP contribution in [-0.4, -0.2) is 47.2 Å². The van der Waals surface area contributed by atoms with Crippen molar-refractivity contribution in [3.8, 4) is 6.07 Å². The van der Waals surface area contributed by atoms with E-state index in [1.54, 1.807) is 6.20 Å². The molecule has 37 heavy (non-hydrogen) atoms. The van der Waals surface area contributed by atoms with Gasteiger partial charge in [-0.2, -0.15) is 5.26 Å². The summed E-state index contributed by atoms with van der Waals surface area (Å²) in [6.45, 7) is 4.69. The summed E-state index contributed by atoms with van der Waals surface area (Å²) in [4.78, 5) is 21.9. The van der Waals surface area contributed by atoms with Gasteiger partial charge < -0.3 is 0 Å². The predicted octanol–water partition coefficient (Wildman–Crippen LogP) is 6.43. The standard InChI is InChI=1S/C32H38N4O/c1-24(35(2)27-10-4-3-5-11-27)31-26(22-37)20-25(28-12-6-7-13-29(28)31)21-36-18-15-32(23-33,16-19-36)30-14-8-9-17-34-30/h6-9,12-14,17,20,22,24,27H,3-5,10-11,15-16,18-19,21H2,1-2H3. The summed E-state index contributed by atoms with van der Waals surface area (Å²) in [5.74, 6) is 0. The number of aldehydes is 1. The highest BCUT2D eigenvalue weighted by molar-refractivity contribution is 5.95. The van der Waals surface area contributed by atoms with E-state index in [4.69, 9.17) is 0 Å². The van der Waals surface area contributed by atoms with Crippen LogP contribution in [-0.2, 0) is 12.0 Å². The van der Waals surface area contributed by atoms with Gasteiger partial charge in [0.05, 0.1) is 11.8 Å². The molecule has 2 aliphatic rings. The second-order valence-corrected chi connectivity index (χ2v) is 11.0. The fourth-order valence-electron chi connectivity index (χ4n) is 6.60.